The minimum atomic E-state index is -4.54. The quantitative estimate of drug-likeness (QED) is 0.381. The smallest absolute Gasteiger partial charge is 0.310 e. The zero-order valence-electron chi connectivity index (χ0n) is 19.8. The van der Waals surface area contributed by atoms with Crippen molar-refractivity contribution >= 4 is 51.5 Å². The summed E-state index contributed by atoms with van der Waals surface area (Å²) >= 11 is 6.66. The number of carbonyl (C=O) groups is 2. The van der Waals surface area contributed by atoms with E-state index in [2.05, 4.69) is 10.4 Å². The van der Waals surface area contributed by atoms with Gasteiger partial charge in [-0.2, -0.15) is 18.3 Å². The Morgan fingerprint density at radius 1 is 1.11 bits per heavy atom. The highest BCUT2D eigenvalue weighted by Crippen LogP contribution is 2.35. The lowest BCUT2D eigenvalue weighted by Gasteiger charge is -2.22. The van der Waals surface area contributed by atoms with Gasteiger partial charge in [0.15, 0.2) is 0 Å². The third kappa shape index (κ3) is 5.93. The molecule has 3 aromatic rings. The van der Waals surface area contributed by atoms with Crippen LogP contribution in [0.4, 0.5) is 18.0 Å². The predicted octanol–water partition coefficient (Wildman–Crippen LogP) is 6.18. The first-order valence-electron chi connectivity index (χ1n) is 11.1. The molecule has 0 atom stereocenters. The Hall–Kier alpha value is -2.82. The molecule has 1 saturated heterocycles. The van der Waals surface area contributed by atoms with Crippen LogP contribution in [-0.4, -0.2) is 44.5 Å². The fraction of sp³-hybridized carbons (Fsp3) is 0.320. The molecule has 1 aromatic heterocycles. The number of thioether (sulfide) groups is 1. The average Bonchev–Trinajstić information content (AvgIpc) is 3.28. The largest absolute Gasteiger partial charge is 0.416 e. The molecule has 6 nitrogen and oxygen atoms in total. The molecule has 11 heteroatoms. The van der Waals surface area contributed by atoms with Crippen molar-refractivity contribution in [2.45, 2.75) is 39.0 Å². The van der Waals surface area contributed by atoms with E-state index in [0.717, 1.165) is 17.8 Å². The lowest BCUT2D eigenvalue weighted by molar-refractivity contribution is -0.138. The maximum Gasteiger partial charge on any atom is 0.416 e. The van der Waals surface area contributed by atoms with Crippen molar-refractivity contribution < 1.29 is 22.8 Å². The van der Waals surface area contributed by atoms with Crippen molar-refractivity contribution in [3.63, 3.8) is 0 Å². The number of rotatable bonds is 6. The minimum absolute atomic E-state index is 0.0101. The zero-order valence-corrected chi connectivity index (χ0v) is 21.4. The van der Waals surface area contributed by atoms with E-state index in [0.29, 0.717) is 27.9 Å². The van der Waals surface area contributed by atoms with Gasteiger partial charge in [-0.3, -0.25) is 19.2 Å². The monoisotopic (exact) mass is 536 g/mol. The molecule has 0 aliphatic carbocycles. The molecule has 2 amide bonds. The number of nitrogens with zero attached hydrogens (tertiary/aromatic N) is 3. The third-order valence-corrected chi connectivity index (χ3v) is 6.67. The van der Waals surface area contributed by atoms with Crippen LogP contribution in [0.15, 0.2) is 47.5 Å². The molecule has 0 bridgehead atoms. The first-order chi connectivity index (χ1) is 16.8. The first kappa shape index (κ1) is 26.2. The van der Waals surface area contributed by atoms with Gasteiger partial charge in [0.25, 0.3) is 11.1 Å². The fourth-order valence-electron chi connectivity index (χ4n) is 3.82. The lowest BCUT2D eigenvalue weighted by Crippen LogP contribution is -2.42. The van der Waals surface area contributed by atoms with Gasteiger partial charge in [-0.15, -0.1) is 0 Å². The number of alkyl halides is 3. The molecule has 0 unspecified atom stereocenters. The van der Waals surface area contributed by atoms with E-state index in [1.165, 1.54) is 21.7 Å². The van der Waals surface area contributed by atoms with E-state index in [-0.39, 0.29) is 40.4 Å². The van der Waals surface area contributed by atoms with E-state index >= 15 is 0 Å². The van der Waals surface area contributed by atoms with Crippen molar-refractivity contribution in [3.05, 3.63) is 69.2 Å². The lowest BCUT2D eigenvalue weighted by atomic mass is 10.1. The average molecular weight is 537 g/mol. The Morgan fingerprint density at radius 2 is 1.86 bits per heavy atom. The second-order valence-electron chi connectivity index (χ2n) is 9.43. The summed E-state index contributed by atoms with van der Waals surface area (Å²) < 4.78 is 41.9. The molecule has 0 spiro atoms. The van der Waals surface area contributed by atoms with E-state index in [1.807, 2.05) is 20.8 Å². The molecule has 1 fully saturated rings. The van der Waals surface area contributed by atoms with Crippen LogP contribution in [0.25, 0.3) is 17.0 Å². The Bertz CT molecular complexity index is 1360. The Kier molecular flexibility index (Phi) is 7.23. The number of benzene rings is 2. The number of halogens is 4. The van der Waals surface area contributed by atoms with Crippen molar-refractivity contribution in [2.24, 2.45) is 0 Å². The highest BCUT2D eigenvalue weighted by atomic mass is 35.5. The Labute approximate surface area is 215 Å². The summed E-state index contributed by atoms with van der Waals surface area (Å²) in [7, 11) is 0. The van der Waals surface area contributed by atoms with Crippen LogP contribution in [0.2, 0.25) is 5.02 Å². The second kappa shape index (κ2) is 9.91. The third-order valence-electron chi connectivity index (χ3n) is 5.53. The molecule has 4 rings (SSSR count). The van der Waals surface area contributed by atoms with Gasteiger partial charge in [-0.1, -0.05) is 23.7 Å². The summed E-state index contributed by atoms with van der Waals surface area (Å²) in [6.07, 6.45) is -1.35. The van der Waals surface area contributed by atoms with E-state index in [9.17, 15) is 22.8 Å². The Morgan fingerprint density at radius 3 is 2.56 bits per heavy atom. The van der Waals surface area contributed by atoms with Gasteiger partial charge in [0, 0.05) is 29.0 Å². The normalized spacial score (nSPS) is 16.1. The molecule has 0 radical (unpaired) electrons. The number of amides is 2. The molecular formula is C25H24ClF3N4O2S. The van der Waals surface area contributed by atoms with Crippen molar-refractivity contribution in [1.29, 1.82) is 0 Å². The van der Waals surface area contributed by atoms with Crippen LogP contribution in [0, 0.1) is 0 Å². The van der Waals surface area contributed by atoms with Gasteiger partial charge in [-0.05, 0) is 74.0 Å². The van der Waals surface area contributed by atoms with Crippen LogP contribution < -0.4 is 5.32 Å². The molecule has 190 valence electrons. The van der Waals surface area contributed by atoms with Crippen molar-refractivity contribution in [3.8, 4) is 0 Å². The van der Waals surface area contributed by atoms with Gasteiger partial charge in [-0.25, -0.2) is 0 Å². The van der Waals surface area contributed by atoms with Gasteiger partial charge >= 0.3 is 6.18 Å². The number of fused-ring (bicyclic) bond motifs is 1. The topological polar surface area (TPSA) is 67.2 Å². The number of carbonyl (C=O) groups excluding carboxylic acids is 2. The number of hydrogen-bond donors (Lipinski definition) is 1. The SMILES string of the molecule is CC(C)(C)NCCN1C(=O)SC(=Cc2ccc3c(cnn3Cc3ccc(Cl)cc3C(F)(F)F)c2)C1=O. The van der Waals surface area contributed by atoms with Crippen molar-refractivity contribution in [2.75, 3.05) is 13.1 Å². The van der Waals surface area contributed by atoms with Gasteiger partial charge in [0.1, 0.15) is 0 Å². The highest BCUT2D eigenvalue weighted by molar-refractivity contribution is 8.18. The first-order valence-corrected chi connectivity index (χ1v) is 12.3. The molecule has 2 heterocycles. The molecule has 0 saturated carbocycles. The summed E-state index contributed by atoms with van der Waals surface area (Å²) in [6, 6.07) is 8.92. The standard InChI is InChI=1S/C25H24ClF3N4O2S/c1-24(2,3)30-8-9-32-22(34)21(36-23(32)35)11-15-4-7-20-17(10-15)13-31-33(20)14-16-5-6-18(26)12-19(16)25(27,28)29/h4-7,10-13,30H,8-9,14H2,1-3H3. The van der Waals surface area contributed by atoms with Gasteiger partial charge in [0.05, 0.1) is 28.7 Å². The summed E-state index contributed by atoms with van der Waals surface area (Å²) in [5, 5.41) is 7.90. The number of hydrogen-bond acceptors (Lipinski definition) is 5. The van der Waals surface area contributed by atoms with Crippen LogP contribution in [0.3, 0.4) is 0 Å². The summed E-state index contributed by atoms with van der Waals surface area (Å²) in [5.74, 6) is -0.348. The van der Waals surface area contributed by atoms with Crippen LogP contribution in [-0.2, 0) is 17.5 Å². The molecule has 2 aromatic carbocycles. The summed E-state index contributed by atoms with van der Waals surface area (Å²) in [4.78, 5) is 26.6. The highest BCUT2D eigenvalue weighted by Gasteiger charge is 2.35. The van der Waals surface area contributed by atoms with Gasteiger partial charge < -0.3 is 5.32 Å². The second-order valence-corrected chi connectivity index (χ2v) is 10.9. The molecule has 1 aliphatic rings. The number of aromatic nitrogens is 2. The Balaban J connectivity index is 1.53. The van der Waals surface area contributed by atoms with Crippen LogP contribution >= 0.6 is 23.4 Å². The van der Waals surface area contributed by atoms with Crippen LogP contribution in [0.1, 0.15) is 37.5 Å². The zero-order chi connectivity index (χ0) is 26.3. The van der Waals surface area contributed by atoms with Gasteiger partial charge in [0.2, 0.25) is 0 Å². The maximum absolute atomic E-state index is 13.5. The van der Waals surface area contributed by atoms with E-state index in [4.69, 9.17) is 11.6 Å². The van der Waals surface area contributed by atoms with Crippen LogP contribution in [0.5, 0.6) is 0 Å². The van der Waals surface area contributed by atoms with E-state index in [1.54, 1.807) is 30.5 Å². The number of imide groups is 1. The minimum Gasteiger partial charge on any atom is -0.310 e. The van der Waals surface area contributed by atoms with Crippen molar-refractivity contribution in [1.82, 2.24) is 20.0 Å². The summed E-state index contributed by atoms with van der Waals surface area (Å²) in [5.41, 5.74) is 0.443. The molecule has 36 heavy (non-hydrogen) atoms. The molecule has 1 N–H and O–H groups in total. The van der Waals surface area contributed by atoms with E-state index < -0.39 is 11.7 Å². The fourth-order valence-corrected chi connectivity index (χ4v) is 4.86. The molecular weight excluding hydrogens is 513 g/mol. The summed E-state index contributed by atoms with van der Waals surface area (Å²) in [6.45, 7) is 6.69. The maximum atomic E-state index is 13.5. The molecule has 1 aliphatic heterocycles. The number of nitrogens with one attached hydrogen (secondary N) is 1. The predicted molar refractivity (Wildman–Crippen MR) is 136 cm³/mol.